The second-order valence-electron chi connectivity index (χ2n) is 2.25. The van der Waals surface area contributed by atoms with Crippen molar-refractivity contribution in [1.29, 1.82) is 0 Å². The minimum absolute atomic E-state index is 0.0809. The molecule has 64 valence electrons. The van der Waals surface area contributed by atoms with Crippen LogP contribution in [0.1, 0.15) is 10.5 Å². The molecule has 0 bridgehead atoms. The van der Waals surface area contributed by atoms with Crippen molar-refractivity contribution >= 4 is 12.3 Å². The standard InChI is InChI=1S/C8H9NO3/c1-12-8(11)5-9-4-2-3-7(9)6-10/h2-4,6H,5H2,1H3. The third kappa shape index (κ3) is 1.72. The summed E-state index contributed by atoms with van der Waals surface area (Å²) >= 11 is 0. The van der Waals surface area contributed by atoms with Crippen molar-refractivity contribution < 1.29 is 14.3 Å². The first-order valence-corrected chi connectivity index (χ1v) is 3.45. The Hall–Kier alpha value is -1.58. The first-order valence-electron chi connectivity index (χ1n) is 3.45. The van der Waals surface area contributed by atoms with Gasteiger partial charge in [0.05, 0.1) is 12.8 Å². The van der Waals surface area contributed by atoms with Gasteiger partial charge >= 0.3 is 5.97 Å². The lowest BCUT2D eigenvalue weighted by Gasteiger charge is -2.01. The number of carbonyl (C=O) groups is 2. The van der Waals surface area contributed by atoms with Gasteiger partial charge in [-0.1, -0.05) is 0 Å². The normalized spacial score (nSPS) is 9.42. The highest BCUT2D eigenvalue weighted by Gasteiger charge is 2.04. The van der Waals surface area contributed by atoms with E-state index >= 15 is 0 Å². The Bertz CT molecular complexity index is 290. The minimum atomic E-state index is -0.366. The summed E-state index contributed by atoms with van der Waals surface area (Å²) < 4.78 is 5.97. The van der Waals surface area contributed by atoms with Gasteiger partial charge in [-0.15, -0.1) is 0 Å². The Labute approximate surface area is 69.7 Å². The molecule has 0 fully saturated rings. The molecule has 0 spiro atoms. The van der Waals surface area contributed by atoms with E-state index in [2.05, 4.69) is 4.74 Å². The number of hydrogen-bond donors (Lipinski definition) is 0. The van der Waals surface area contributed by atoms with Crippen molar-refractivity contribution in [2.45, 2.75) is 6.54 Å². The summed E-state index contributed by atoms with van der Waals surface area (Å²) in [5.41, 5.74) is 0.473. The molecular formula is C8H9NO3. The molecule has 0 aliphatic heterocycles. The van der Waals surface area contributed by atoms with E-state index < -0.39 is 0 Å². The molecule has 0 saturated carbocycles. The summed E-state index contributed by atoms with van der Waals surface area (Å²) in [7, 11) is 1.31. The summed E-state index contributed by atoms with van der Waals surface area (Å²) in [6.45, 7) is 0.0809. The predicted molar refractivity (Wildman–Crippen MR) is 41.8 cm³/mol. The second kappa shape index (κ2) is 3.71. The number of ether oxygens (including phenoxy) is 1. The number of nitrogens with zero attached hydrogens (tertiary/aromatic N) is 1. The van der Waals surface area contributed by atoms with E-state index in [4.69, 9.17) is 0 Å². The molecule has 0 aliphatic carbocycles. The predicted octanol–water partition coefficient (Wildman–Crippen LogP) is 0.474. The second-order valence-corrected chi connectivity index (χ2v) is 2.25. The summed E-state index contributed by atoms with van der Waals surface area (Å²) in [6, 6.07) is 3.34. The van der Waals surface area contributed by atoms with E-state index in [1.165, 1.54) is 11.7 Å². The summed E-state index contributed by atoms with van der Waals surface area (Å²) in [5, 5.41) is 0. The maximum atomic E-state index is 10.8. The highest BCUT2D eigenvalue weighted by atomic mass is 16.5. The number of carbonyl (C=O) groups excluding carboxylic acids is 2. The average Bonchev–Trinajstić information content (AvgIpc) is 2.51. The Kier molecular flexibility index (Phi) is 2.63. The Morgan fingerprint density at radius 3 is 3.08 bits per heavy atom. The van der Waals surface area contributed by atoms with Gasteiger partial charge in [-0.2, -0.15) is 0 Å². The molecular weight excluding hydrogens is 158 g/mol. The summed E-state index contributed by atoms with van der Waals surface area (Å²) in [5.74, 6) is -0.366. The molecule has 4 nitrogen and oxygen atoms in total. The van der Waals surface area contributed by atoms with Crippen molar-refractivity contribution in [2.24, 2.45) is 0 Å². The zero-order valence-electron chi connectivity index (χ0n) is 6.69. The van der Waals surface area contributed by atoms with Crippen LogP contribution in [0.15, 0.2) is 18.3 Å². The maximum Gasteiger partial charge on any atom is 0.325 e. The Morgan fingerprint density at radius 1 is 1.75 bits per heavy atom. The zero-order chi connectivity index (χ0) is 8.97. The van der Waals surface area contributed by atoms with E-state index in [0.29, 0.717) is 12.0 Å². The number of aldehydes is 1. The quantitative estimate of drug-likeness (QED) is 0.485. The Morgan fingerprint density at radius 2 is 2.50 bits per heavy atom. The highest BCUT2D eigenvalue weighted by Crippen LogP contribution is 1.98. The molecule has 1 rings (SSSR count). The number of esters is 1. The van der Waals surface area contributed by atoms with Crippen LogP contribution in [-0.2, 0) is 16.1 Å². The van der Waals surface area contributed by atoms with Crippen LogP contribution < -0.4 is 0 Å². The van der Waals surface area contributed by atoms with Crippen LogP contribution >= 0.6 is 0 Å². The number of methoxy groups -OCH3 is 1. The van der Waals surface area contributed by atoms with Gasteiger partial charge in [-0.05, 0) is 12.1 Å². The molecule has 0 aliphatic rings. The summed E-state index contributed by atoms with van der Waals surface area (Å²) in [6.07, 6.45) is 2.35. The van der Waals surface area contributed by atoms with E-state index in [0.717, 1.165) is 0 Å². The first kappa shape index (κ1) is 8.52. The van der Waals surface area contributed by atoms with Gasteiger partial charge < -0.3 is 9.30 Å². The molecule has 1 heterocycles. The molecule has 0 unspecified atom stereocenters. The fraction of sp³-hybridized carbons (Fsp3) is 0.250. The van der Waals surface area contributed by atoms with E-state index in [-0.39, 0.29) is 12.5 Å². The maximum absolute atomic E-state index is 10.8. The highest BCUT2D eigenvalue weighted by molar-refractivity contribution is 5.75. The molecule has 0 N–H and O–H groups in total. The van der Waals surface area contributed by atoms with Gasteiger partial charge in [0.15, 0.2) is 6.29 Å². The smallest absolute Gasteiger partial charge is 0.325 e. The van der Waals surface area contributed by atoms with E-state index in [9.17, 15) is 9.59 Å². The first-order chi connectivity index (χ1) is 5.77. The monoisotopic (exact) mass is 167 g/mol. The van der Waals surface area contributed by atoms with Gasteiger partial charge in [-0.3, -0.25) is 9.59 Å². The molecule has 4 heteroatoms. The van der Waals surface area contributed by atoms with Crippen molar-refractivity contribution in [2.75, 3.05) is 7.11 Å². The molecule has 0 amide bonds. The number of hydrogen-bond acceptors (Lipinski definition) is 3. The number of rotatable bonds is 3. The molecule has 0 aromatic carbocycles. The third-order valence-electron chi connectivity index (χ3n) is 1.51. The van der Waals surface area contributed by atoms with Gasteiger partial charge in [0.2, 0.25) is 0 Å². The van der Waals surface area contributed by atoms with Crippen LogP contribution in [0.3, 0.4) is 0 Å². The summed E-state index contributed by atoms with van der Waals surface area (Å²) in [4.78, 5) is 21.2. The van der Waals surface area contributed by atoms with E-state index in [1.807, 2.05) is 0 Å². The van der Waals surface area contributed by atoms with Crippen molar-refractivity contribution in [3.05, 3.63) is 24.0 Å². The average molecular weight is 167 g/mol. The topological polar surface area (TPSA) is 48.3 Å². The lowest BCUT2D eigenvalue weighted by atomic mass is 10.5. The zero-order valence-corrected chi connectivity index (χ0v) is 6.69. The van der Waals surface area contributed by atoms with Crippen LogP contribution in [0, 0.1) is 0 Å². The Balaban J connectivity index is 2.74. The van der Waals surface area contributed by atoms with Crippen molar-refractivity contribution in [1.82, 2.24) is 4.57 Å². The largest absolute Gasteiger partial charge is 0.468 e. The molecule has 0 saturated heterocycles. The van der Waals surface area contributed by atoms with Crippen molar-refractivity contribution in [3.63, 3.8) is 0 Å². The fourth-order valence-electron chi connectivity index (χ4n) is 0.882. The van der Waals surface area contributed by atoms with Crippen LogP contribution in [0.4, 0.5) is 0 Å². The lowest BCUT2D eigenvalue weighted by Crippen LogP contribution is -2.12. The SMILES string of the molecule is COC(=O)Cn1cccc1C=O. The van der Waals surface area contributed by atoms with Gasteiger partial charge in [0, 0.05) is 6.20 Å². The lowest BCUT2D eigenvalue weighted by molar-refractivity contribution is -0.141. The minimum Gasteiger partial charge on any atom is -0.468 e. The van der Waals surface area contributed by atoms with Crippen LogP contribution in [0.25, 0.3) is 0 Å². The number of aromatic nitrogens is 1. The van der Waals surface area contributed by atoms with Crippen LogP contribution in [-0.4, -0.2) is 23.9 Å². The molecule has 0 atom stereocenters. The van der Waals surface area contributed by atoms with Crippen LogP contribution in [0.5, 0.6) is 0 Å². The van der Waals surface area contributed by atoms with Crippen LogP contribution in [0.2, 0.25) is 0 Å². The van der Waals surface area contributed by atoms with E-state index in [1.54, 1.807) is 18.3 Å². The molecule has 1 aromatic heterocycles. The van der Waals surface area contributed by atoms with Gasteiger partial charge in [0.25, 0.3) is 0 Å². The third-order valence-corrected chi connectivity index (χ3v) is 1.51. The van der Waals surface area contributed by atoms with Gasteiger partial charge in [-0.25, -0.2) is 0 Å². The molecule has 0 radical (unpaired) electrons. The molecule has 1 aromatic rings. The molecule has 12 heavy (non-hydrogen) atoms. The van der Waals surface area contributed by atoms with Crippen molar-refractivity contribution in [3.8, 4) is 0 Å². The van der Waals surface area contributed by atoms with Gasteiger partial charge in [0.1, 0.15) is 6.54 Å². The fourth-order valence-corrected chi connectivity index (χ4v) is 0.882.